The fraction of sp³-hybridized carbons (Fsp3) is 0.391. The lowest BCUT2D eigenvalue weighted by molar-refractivity contribution is 0.00856. The molecule has 4 atom stereocenters. The second kappa shape index (κ2) is 20.3. The van der Waals surface area contributed by atoms with Crippen LogP contribution in [-0.4, -0.2) is 88.2 Å². The number of hydrogen-bond donors (Lipinski definition) is 2. The fourth-order valence-corrected chi connectivity index (χ4v) is 7.00. The van der Waals surface area contributed by atoms with Crippen molar-refractivity contribution in [2.75, 3.05) is 62.6 Å². The summed E-state index contributed by atoms with van der Waals surface area (Å²) in [5.74, 6) is 1.93. The first-order chi connectivity index (χ1) is 25.6. The molecule has 0 saturated carbocycles. The molecular formula is C46H61FN2O5. The first-order valence-electron chi connectivity index (χ1n) is 18.3. The highest BCUT2D eigenvalue weighted by Crippen LogP contribution is 2.42. The highest BCUT2D eigenvalue weighted by Gasteiger charge is 2.40. The van der Waals surface area contributed by atoms with Gasteiger partial charge in [0.25, 0.3) is 0 Å². The minimum atomic E-state index is -1.16. The van der Waals surface area contributed by atoms with Gasteiger partial charge in [0, 0.05) is 36.9 Å². The Kier molecular flexibility index (Phi) is 16.5. The minimum Gasteiger partial charge on any atom is -0.497 e. The Bertz CT molecular complexity index is 1800. The van der Waals surface area contributed by atoms with Gasteiger partial charge in [-0.05, 0) is 112 Å². The van der Waals surface area contributed by atoms with Crippen molar-refractivity contribution in [2.24, 2.45) is 11.8 Å². The third-order valence-electron chi connectivity index (χ3n) is 9.97. The Morgan fingerprint density at radius 3 is 1.65 bits per heavy atom. The summed E-state index contributed by atoms with van der Waals surface area (Å²) in [6.07, 6.45) is 4.38. The van der Waals surface area contributed by atoms with Crippen molar-refractivity contribution in [1.29, 1.82) is 0 Å². The molecule has 8 heteroatoms. The molecule has 0 heterocycles. The van der Waals surface area contributed by atoms with Gasteiger partial charge in [0.15, 0.2) is 0 Å². The molecular weight excluding hydrogens is 680 g/mol. The van der Waals surface area contributed by atoms with E-state index in [1.807, 2.05) is 140 Å². The zero-order chi connectivity index (χ0) is 40.1. The summed E-state index contributed by atoms with van der Waals surface area (Å²) in [4.78, 5) is 4.15. The molecule has 4 unspecified atom stereocenters. The van der Waals surface area contributed by atoms with Gasteiger partial charge >= 0.3 is 0 Å². The van der Waals surface area contributed by atoms with Crippen molar-refractivity contribution in [3.05, 3.63) is 136 Å². The van der Waals surface area contributed by atoms with E-state index in [0.29, 0.717) is 12.2 Å². The second-order valence-electron chi connectivity index (χ2n) is 14.7. The van der Waals surface area contributed by atoms with E-state index in [0.717, 1.165) is 58.0 Å². The van der Waals surface area contributed by atoms with E-state index in [-0.39, 0.29) is 17.7 Å². The maximum absolute atomic E-state index is 13.7. The van der Waals surface area contributed by atoms with Crippen LogP contribution in [0.5, 0.6) is 17.2 Å². The maximum Gasteiger partial charge on any atom is 0.125 e. The predicted octanol–water partition coefficient (Wildman–Crippen LogP) is 8.60. The number of benzene rings is 4. The molecule has 0 fully saturated rings. The molecule has 54 heavy (non-hydrogen) atoms. The van der Waals surface area contributed by atoms with E-state index in [4.69, 9.17) is 14.2 Å². The van der Waals surface area contributed by atoms with Crippen LogP contribution in [0.4, 0.5) is 4.39 Å². The van der Waals surface area contributed by atoms with Gasteiger partial charge in [-0.15, -0.1) is 0 Å². The number of para-hydroxylation sites is 1. The Morgan fingerprint density at radius 1 is 0.667 bits per heavy atom. The molecule has 4 rings (SSSR count). The van der Waals surface area contributed by atoms with Crippen LogP contribution < -0.4 is 14.2 Å². The molecule has 0 aliphatic rings. The van der Waals surface area contributed by atoms with E-state index in [1.165, 1.54) is 12.1 Å². The number of aliphatic hydroxyl groups is 2. The van der Waals surface area contributed by atoms with E-state index in [9.17, 15) is 14.6 Å². The maximum atomic E-state index is 13.7. The number of hydrogen-bond acceptors (Lipinski definition) is 7. The molecule has 0 aliphatic carbocycles. The Labute approximate surface area is 323 Å². The summed E-state index contributed by atoms with van der Waals surface area (Å²) < 4.78 is 29.6. The molecule has 292 valence electrons. The number of rotatable bonds is 16. The SMILES string of the molecule is COc1ccc(C=C(C)C(O)(Cc2cccc(F)c2)C(C)CN(C)C)cc1.COc1ccc(C=C(C)C(O)(c2ccccc2OC)C(C)CN(C)C)cc1. The second-order valence-corrected chi connectivity index (χ2v) is 14.7. The Hall–Kier alpha value is -4.47. The van der Waals surface area contributed by atoms with Crippen molar-refractivity contribution in [3.8, 4) is 17.2 Å². The number of nitrogens with zero attached hydrogens (tertiary/aromatic N) is 2. The van der Waals surface area contributed by atoms with Crippen LogP contribution in [0.25, 0.3) is 12.2 Å². The zero-order valence-corrected chi connectivity index (χ0v) is 34.1. The Morgan fingerprint density at radius 2 is 1.17 bits per heavy atom. The lowest BCUT2D eigenvalue weighted by atomic mass is 9.76. The first-order valence-corrected chi connectivity index (χ1v) is 18.3. The minimum absolute atomic E-state index is 0.0368. The summed E-state index contributed by atoms with van der Waals surface area (Å²) in [5, 5.41) is 23.6. The average Bonchev–Trinajstić information content (AvgIpc) is 3.14. The fourth-order valence-electron chi connectivity index (χ4n) is 7.00. The van der Waals surface area contributed by atoms with Crippen molar-refractivity contribution in [2.45, 2.75) is 45.3 Å². The molecule has 4 aromatic rings. The molecule has 0 radical (unpaired) electrons. The normalized spacial score (nSPS) is 15.4. The van der Waals surface area contributed by atoms with Crippen LogP contribution in [0.3, 0.4) is 0 Å². The number of halogens is 1. The van der Waals surface area contributed by atoms with E-state index in [2.05, 4.69) is 16.7 Å². The third-order valence-corrected chi connectivity index (χ3v) is 9.97. The highest BCUT2D eigenvalue weighted by atomic mass is 19.1. The standard InChI is InChI=1S/C23H30FNO2.C23H31NO3/c1-17(13-19-9-11-22(27-5)12-10-19)23(26,18(2)16-25(3)4)15-20-7-6-8-21(24)14-20;1-17(15-19-11-13-20(26-5)14-12-19)23(25,18(2)16-24(3)4)21-9-7-8-10-22(21)27-6/h6-14,18,26H,15-16H2,1-5H3;7-15,18,25H,16H2,1-6H3. The molecule has 0 saturated heterocycles. The van der Waals surface area contributed by atoms with Gasteiger partial charge < -0.3 is 34.2 Å². The molecule has 7 nitrogen and oxygen atoms in total. The molecule has 0 bridgehead atoms. The quantitative estimate of drug-likeness (QED) is 0.119. The van der Waals surface area contributed by atoms with Gasteiger partial charge in [-0.3, -0.25) is 0 Å². The molecule has 0 aromatic heterocycles. The van der Waals surface area contributed by atoms with E-state index in [1.54, 1.807) is 27.4 Å². The smallest absolute Gasteiger partial charge is 0.125 e. The van der Waals surface area contributed by atoms with E-state index < -0.39 is 11.2 Å². The average molecular weight is 741 g/mol. The Balaban J connectivity index is 0.000000290. The summed E-state index contributed by atoms with van der Waals surface area (Å²) in [7, 11) is 12.9. The van der Waals surface area contributed by atoms with Gasteiger partial charge in [-0.25, -0.2) is 4.39 Å². The van der Waals surface area contributed by atoms with E-state index >= 15 is 0 Å². The van der Waals surface area contributed by atoms with Crippen LogP contribution >= 0.6 is 0 Å². The summed E-state index contributed by atoms with van der Waals surface area (Å²) in [6, 6.07) is 29.7. The monoisotopic (exact) mass is 740 g/mol. The predicted molar refractivity (Wildman–Crippen MR) is 221 cm³/mol. The molecule has 0 amide bonds. The molecule has 0 spiro atoms. The van der Waals surface area contributed by atoms with Crippen molar-refractivity contribution >= 4 is 12.2 Å². The number of methoxy groups -OCH3 is 3. The van der Waals surface area contributed by atoms with Crippen LogP contribution in [-0.2, 0) is 12.0 Å². The van der Waals surface area contributed by atoms with Crippen molar-refractivity contribution < 1.29 is 28.8 Å². The van der Waals surface area contributed by atoms with Gasteiger partial charge in [0.05, 0.1) is 26.9 Å². The lowest BCUT2D eigenvalue weighted by Crippen LogP contribution is -2.44. The zero-order valence-electron chi connectivity index (χ0n) is 34.1. The molecule has 4 aromatic carbocycles. The number of ether oxygens (including phenoxy) is 3. The molecule has 2 N–H and O–H groups in total. The summed E-state index contributed by atoms with van der Waals surface area (Å²) >= 11 is 0. The van der Waals surface area contributed by atoms with Gasteiger partial charge in [0.1, 0.15) is 28.7 Å². The topological polar surface area (TPSA) is 74.6 Å². The van der Waals surface area contributed by atoms with Crippen LogP contribution in [0.2, 0.25) is 0 Å². The van der Waals surface area contributed by atoms with Gasteiger partial charge in [-0.1, -0.05) is 80.6 Å². The molecule has 0 aliphatic heterocycles. The largest absolute Gasteiger partial charge is 0.497 e. The highest BCUT2D eigenvalue weighted by molar-refractivity contribution is 5.59. The van der Waals surface area contributed by atoms with Crippen LogP contribution in [0, 0.1) is 17.7 Å². The van der Waals surface area contributed by atoms with Gasteiger partial charge in [0.2, 0.25) is 0 Å². The van der Waals surface area contributed by atoms with Crippen LogP contribution in [0.1, 0.15) is 49.9 Å². The third kappa shape index (κ3) is 11.8. The lowest BCUT2D eigenvalue weighted by Gasteiger charge is -2.38. The van der Waals surface area contributed by atoms with Crippen molar-refractivity contribution in [3.63, 3.8) is 0 Å². The van der Waals surface area contributed by atoms with Crippen LogP contribution in [0.15, 0.2) is 108 Å². The summed E-state index contributed by atoms with van der Waals surface area (Å²) in [6.45, 7) is 9.48. The van der Waals surface area contributed by atoms with Gasteiger partial charge in [-0.2, -0.15) is 0 Å². The van der Waals surface area contributed by atoms with Crippen molar-refractivity contribution in [1.82, 2.24) is 9.80 Å². The first kappa shape index (κ1) is 43.9. The summed E-state index contributed by atoms with van der Waals surface area (Å²) in [5.41, 5.74) is 3.05.